The van der Waals surface area contributed by atoms with E-state index < -0.39 is 15.6 Å². The van der Waals surface area contributed by atoms with Gasteiger partial charge < -0.3 is 10.6 Å². The van der Waals surface area contributed by atoms with E-state index in [0.717, 1.165) is 18.8 Å². The van der Waals surface area contributed by atoms with Crippen molar-refractivity contribution in [3.05, 3.63) is 0 Å². The van der Waals surface area contributed by atoms with Gasteiger partial charge in [-0.2, -0.15) is 11.8 Å². The Morgan fingerprint density at radius 2 is 2.00 bits per heavy atom. The van der Waals surface area contributed by atoms with Gasteiger partial charge in [-0.3, -0.25) is 4.99 Å². The number of nitrogens with zero attached hydrogens (tertiary/aromatic N) is 1. The highest BCUT2D eigenvalue weighted by atomic mass is 127. The molecule has 23 heavy (non-hydrogen) atoms. The van der Waals surface area contributed by atoms with E-state index in [4.69, 9.17) is 0 Å². The molecule has 1 aliphatic carbocycles. The molecule has 3 N–H and O–H groups in total. The Labute approximate surface area is 162 Å². The molecular weight excluding hydrogens is 447 g/mol. The zero-order valence-corrected chi connectivity index (χ0v) is 18.6. The molecule has 1 fully saturated rings. The molecule has 0 heterocycles. The first kappa shape index (κ1) is 23.3. The number of hydrogen-bond acceptors (Lipinski definition) is 4. The predicted molar refractivity (Wildman–Crippen MR) is 112 cm³/mol. The van der Waals surface area contributed by atoms with Gasteiger partial charge in [-0.15, -0.1) is 24.0 Å². The molecule has 0 spiro atoms. The first-order valence-corrected chi connectivity index (χ1v) is 10.8. The number of thioether (sulfide) groups is 1. The van der Waals surface area contributed by atoms with Crippen LogP contribution in [0.25, 0.3) is 0 Å². The van der Waals surface area contributed by atoms with Gasteiger partial charge in [0.15, 0.2) is 5.96 Å². The van der Waals surface area contributed by atoms with Crippen molar-refractivity contribution in [1.29, 1.82) is 0 Å². The third-order valence-corrected chi connectivity index (χ3v) is 5.70. The standard InChI is InChI=1S/C14H30N4O2S2.HI/c1-14(2,18-22(5,19)20)10-16-13(15-3)17-11-7-6-8-12(9-11)21-4;/h11-12,18H,6-10H2,1-5H3,(H2,15,16,17);1H. The van der Waals surface area contributed by atoms with Gasteiger partial charge in [0.25, 0.3) is 0 Å². The Bertz CT molecular complexity index is 483. The average molecular weight is 478 g/mol. The summed E-state index contributed by atoms with van der Waals surface area (Å²) in [6.45, 7) is 4.16. The van der Waals surface area contributed by atoms with Crippen LogP contribution in [0, 0.1) is 0 Å². The maximum Gasteiger partial charge on any atom is 0.209 e. The predicted octanol–water partition coefficient (Wildman–Crippen LogP) is 1.77. The van der Waals surface area contributed by atoms with Crippen LogP contribution < -0.4 is 15.4 Å². The van der Waals surface area contributed by atoms with E-state index in [9.17, 15) is 8.42 Å². The van der Waals surface area contributed by atoms with E-state index in [-0.39, 0.29) is 24.0 Å². The summed E-state index contributed by atoms with van der Waals surface area (Å²) in [4.78, 5) is 4.24. The number of aliphatic imine (C=N–C) groups is 1. The fourth-order valence-corrected chi connectivity index (χ4v) is 4.62. The van der Waals surface area contributed by atoms with Crippen molar-refractivity contribution in [3.63, 3.8) is 0 Å². The highest BCUT2D eigenvalue weighted by Crippen LogP contribution is 2.26. The van der Waals surface area contributed by atoms with E-state index in [1.54, 1.807) is 7.05 Å². The second-order valence-corrected chi connectivity index (χ2v) is 9.44. The molecule has 1 saturated carbocycles. The molecule has 2 atom stereocenters. The minimum atomic E-state index is -3.23. The zero-order chi connectivity index (χ0) is 16.8. The Morgan fingerprint density at radius 3 is 2.52 bits per heavy atom. The second kappa shape index (κ2) is 10.3. The van der Waals surface area contributed by atoms with Gasteiger partial charge in [0.2, 0.25) is 10.0 Å². The smallest absolute Gasteiger partial charge is 0.209 e. The Kier molecular flexibility index (Phi) is 10.4. The van der Waals surface area contributed by atoms with Crippen LogP contribution in [0.2, 0.25) is 0 Å². The molecule has 0 bridgehead atoms. The van der Waals surface area contributed by atoms with Crippen LogP contribution in [0.5, 0.6) is 0 Å². The van der Waals surface area contributed by atoms with Crippen LogP contribution in [-0.4, -0.2) is 57.3 Å². The minimum absolute atomic E-state index is 0. The summed E-state index contributed by atoms with van der Waals surface area (Å²) >= 11 is 1.93. The number of hydrogen-bond donors (Lipinski definition) is 3. The van der Waals surface area contributed by atoms with Crippen molar-refractivity contribution in [2.45, 2.75) is 56.4 Å². The monoisotopic (exact) mass is 478 g/mol. The van der Waals surface area contributed by atoms with Gasteiger partial charge >= 0.3 is 0 Å². The van der Waals surface area contributed by atoms with Crippen LogP contribution in [0.3, 0.4) is 0 Å². The van der Waals surface area contributed by atoms with Gasteiger partial charge in [-0.1, -0.05) is 6.42 Å². The van der Waals surface area contributed by atoms with Crippen molar-refractivity contribution in [2.75, 3.05) is 26.1 Å². The zero-order valence-electron chi connectivity index (χ0n) is 14.7. The molecule has 0 aromatic heterocycles. The topological polar surface area (TPSA) is 82.6 Å². The highest BCUT2D eigenvalue weighted by molar-refractivity contribution is 14.0. The molecule has 9 heteroatoms. The van der Waals surface area contributed by atoms with Gasteiger partial charge in [0.05, 0.1) is 6.26 Å². The summed E-state index contributed by atoms with van der Waals surface area (Å²) in [6, 6.07) is 0.434. The van der Waals surface area contributed by atoms with Crippen LogP contribution in [0.15, 0.2) is 4.99 Å². The lowest BCUT2D eigenvalue weighted by atomic mass is 9.95. The summed E-state index contributed by atoms with van der Waals surface area (Å²) in [5, 5.41) is 7.39. The summed E-state index contributed by atoms with van der Waals surface area (Å²) < 4.78 is 25.3. The SMILES string of the molecule is CN=C(NCC(C)(C)NS(C)(=O)=O)NC1CCCC(SC)C1.I. The van der Waals surface area contributed by atoms with Crippen molar-refractivity contribution < 1.29 is 8.42 Å². The quantitative estimate of drug-likeness (QED) is 0.308. The first-order valence-electron chi connectivity index (χ1n) is 7.64. The maximum absolute atomic E-state index is 11.4. The highest BCUT2D eigenvalue weighted by Gasteiger charge is 2.24. The molecule has 0 saturated heterocycles. The summed E-state index contributed by atoms with van der Waals surface area (Å²) in [5.74, 6) is 0.732. The molecule has 0 aromatic rings. The van der Waals surface area contributed by atoms with Crippen LogP contribution in [0.4, 0.5) is 0 Å². The molecule has 0 aliphatic heterocycles. The van der Waals surface area contributed by atoms with Crippen molar-refractivity contribution >= 4 is 51.7 Å². The molecule has 0 aromatic carbocycles. The molecular formula is C14H31IN4O2S2. The van der Waals surface area contributed by atoms with Gasteiger partial charge in [-0.25, -0.2) is 13.1 Å². The number of halogens is 1. The Balaban J connectivity index is 0.00000484. The maximum atomic E-state index is 11.4. The molecule has 2 unspecified atom stereocenters. The molecule has 0 amide bonds. The minimum Gasteiger partial charge on any atom is -0.355 e. The number of sulfonamides is 1. The molecule has 138 valence electrons. The van der Waals surface area contributed by atoms with Crippen molar-refractivity contribution in [3.8, 4) is 0 Å². The second-order valence-electron chi connectivity index (χ2n) is 6.55. The molecule has 0 radical (unpaired) electrons. The fraction of sp³-hybridized carbons (Fsp3) is 0.929. The van der Waals surface area contributed by atoms with E-state index in [2.05, 4.69) is 26.6 Å². The lowest BCUT2D eigenvalue weighted by molar-refractivity contribution is 0.411. The largest absolute Gasteiger partial charge is 0.355 e. The molecule has 1 rings (SSSR count). The summed E-state index contributed by atoms with van der Waals surface area (Å²) in [6.07, 6.45) is 8.17. The van der Waals surface area contributed by atoms with E-state index in [0.29, 0.717) is 17.8 Å². The molecule has 6 nitrogen and oxygen atoms in total. The van der Waals surface area contributed by atoms with E-state index in [1.165, 1.54) is 19.1 Å². The van der Waals surface area contributed by atoms with Gasteiger partial charge in [0, 0.05) is 30.4 Å². The third kappa shape index (κ3) is 9.98. The normalized spacial score (nSPS) is 23.1. The Hall–Kier alpha value is 0.260. The van der Waals surface area contributed by atoms with E-state index in [1.807, 2.05) is 25.6 Å². The van der Waals surface area contributed by atoms with Crippen molar-refractivity contribution in [1.82, 2.24) is 15.4 Å². The number of nitrogens with one attached hydrogen (secondary N) is 3. The lowest BCUT2D eigenvalue weighted by Gasteiger charge is -2.31. The average Bonchev–Trinajstić information content (AvgIpc) is 2.41. The van der Waals surface area contributed by atoms with Crippen LogP contribution in [0.1, 0.15) is 39.5 Å². The number of rotatable bonds is 6. The van der Waals surface area contributed by atoms with Gasteiger partial charge in [-0.05, 0) is 39.4 Å². The van der Waals surface area contributed by atoms with Crippen LogP contribution in [-0.2, 0) is 10.0 Å². The number of guanidine groups is 1. The Morgan fingerprint density at radius 1 is 1.35 bits per heavy atom. The lowest BCUT2D eigenvalue weighted by Crippen LogP contribution is -2.54. The molecule has 1 aliphatic rings. The third-order valence-electron chi connectivity index (χ3n) is 3.68. The first-order chi connectivity index (χ1) is 10.1. The van der Waals surface area contributed by atoms with Crippen LogP contribution >= 0.6 is 35.7 Å². The summed E-state index contributed by atoms with van der Waals surface area (Å²) in [5.41, 5.74) is -0.570. The van der Waals surface area contributed by atoms with E-state index >= 15 is 0 Å². The fourth-order valence-electron chi connectivity index (χ4n) is 2.72. The van der Waals surface area contributed by atoms with Crippen molar-refractivity contribution in [2.24, 2.45) is 4.99 Å². The summed E-state index contributed by atoms with van der Waals surface area (Å²) in [7, 11) is -1.49. The van der Waals surface area contributed by atoms with Gasteiger partial charge in [0.1, 0.15) is 0 Å².